The summed E-state index contributed by atoms with van der Waals surface area (Å²) in [4.78, 5) is 2.43. The Labute approximate surface area is 355 Å². The zero-order valence-electron chi connectivity index (χ0n) is 33.5. The third kappa shape index (κ3) is 5.43. The van der Waals surface area contributed by atoms with Gasteiger partial charge in [-0.2, -0.15) is 0 Å². The molecule has 11 aromatic rings. The molecule has 0 aliphatic heterocycles. The Morgan fingerprint density at radius 1 is 0.344 bits per heavy atom. The highest BCUT2D eigenvalue weighted by Crippen LogP contribution is 2.56. The Balaban J connectivity index is 1.02. The van der Waals surface area contributed by atoms with Gasteiger partial charge in [0.1, 0.15) is 0 Å². The SMILES string of the molecule is c1ccc(-n2c3ccccc3c3cc(N(c4ccc(-c5ccc6c(c5)C(c5ccccc5)(c5ccccc5)c5ccccc5-6)cc4)c4cccc5ccccc45)ccc32)cc1. The Bertz CT molecular complexity index is 3360. The van der Waals surface area contributed by atoms with Crippen molar-refractivity contribution in [2.45, 2.75) is 5.41 Å². The van der Waals surface area contributed by atoms with Crippen molar-refractivity contribution in [2.75, 3.05) is 4.90 Å². The van der Waals surface area contributed by atoms with Crippen LogP contribution in [-0.2, 0) is 5.41 Å². The number of fused-ring (bicyclic) bond motifs is 7. The number of benzene rings is 10. The van der Waals surface area contributed by atoms with E-state index in [0.29, 0.717) is 0 Å². The topological polar surface area (TPSA) is 8.17 Å². The molecule has 2 nitrogen and oxygen atoms in total. The number of para-hydroxylation sites is 2. The van der Waals surface area contributed by atoms with Crippen molar-refractivity contribution in [1.82, 2.24) is 4.57 Å². The van der Waals surface area contributed by atoms with Crippen molar-refractivity contribution < 1.29 is 0 Å². The molecular weight excluding hydrogens is 737 g/mol. The van der Waals surface area contributed by atoms with E-state index in [9.17, 15) is 0 Å². The maximum Gasteiger partial charge on any atom is 0.0713 e. The van der Waals surface area contributed by atoms with E-state index in [1.807, 2.05) is 0 Å². The number of nitrogens with zero attached hydrogens (tertiary/aromatic N) is 2. The van der Waals surface area contributed by atoms with Crippen molar-refractivity contribution in [3.63, 3.8) is 0 Å². The third-order valence-corrected chi connectivity index (χ3v) is 12.9. The third-order valence-electron chi connectivity index (χ3n) is 12.9. The zero-order chi connectivity index (χ0) is 40.3. The van der Waals surface area contributed by atoms with Crippen LogP contribution in [0.25, 0.3) is 60.5 Å². The minimum Gasteiger partial charge on any atom is -0.310 e. The fourth-order valence-corrected chi connectivity index (χ4v) is 10.2. The first-order chi connectivity index (χ1) is 30.3. The summed E-state index contributed by atoms with van der Waals surface area (Å²) in [7, 11) is 0. The number of hydrogen-bond donors (Lipinski definition) is 0. The summed E-state index contributed by atoms with van der Waals surface area (Å²) in [6.07, 6.45) is 0. The molecule has 10 aromatic carbocycles. The van der Waals surface area contributed by atoms with Crippen molar-refractivity contribution in [1.29, 1.82) is 0 Å². The first-order valence-corrected chi connectivity index (χ1v) is 21.1. The number of anilines is 3. The second-order valence-electron chi connectivity index (χ2n) is 16.1. The molecule has 0 fully saturated rings. The van der Waals surface area contributed by atoms with Crippen LogP contribution >= 0.6 is 0 Å². The molecule has 0 saturated carbocycles. The molecule has 0 N–H and O–H groups in total. The maximum atomic E-state index is 2.45. The van der Waals surface area contributed by atoms with Gasteiger partial charge >= 0.3 is 0 Å². The normalized spacial score (nSPS) is 12.7. The van der Waals surface area contributed by atoms with Crippen molar-refractivity contribution in [3.8, 4) is 27.9 Å². The van der Waals surface area contributed by atoms with Crippen molar-refractivity contribution >= 4 is 49.6 Å². The Morgan fingerprint density at radius 3 is 1.69 bits per heavy atom. The van der Waals surface area contributed by atoms with Gasteiger partial charge in [0.2, 0.25) is 0 Å². The van der Waals surface area contributed by atoms with E-state index >= 15 is 0 Å². The highest BCUT2D eigenvalue weighted by atomic mass is 15.1. The first kappa shape index (κ1) is 35.0. The van der Waals surface area contributed by atoms with Crippen LogP contribution in [0.5, 0.6) is 0 Å². The molecule has 286 valence electrons. The zero-order valence-corrected chi connectivity index (χ0v) is 33.5. The summed E-state index contributed by atoms with van der Waals surface area (Å²) in [5.74, 6) is 0. The molecule has 0 saturated heterocycles. The van der Waals surface area contributed by atoms with Gasteiger partial charge in [-0.15, -0.1) is 0 Å². The van der Waals surface area contributed by atoms with E-state index in [-0.39, 0.29) is 0 Å². The van der Waals surface area contributed by atoms with Crippen LogP contribution in [0, 0.1) is 0 Å². The summed E-state index contributed by atoms with van der Waals surface area (Å²) in [6, 6.07) is 89.0. The predicted octanol–water partition coefficient (Wildman–Crippen LogP) is 15.4. The average molecular weight is 777 g/mol. The average Bonchev–Trinajstić information content (AvgIpc) is 3.83. The second kappa shape index (κ2) is 14.1. The fraction of sp³-hybridized carbons (Fsp3) is 0.0169. The molecule has 0 amide bonds. The van der Waals surface area contributed by atoms with Crippen LogP contribution in [0.1, 0.15) is 22.3 Å². The van der Waals surface area contributed by atoms with Crippen LogP contribution in [0.15, 0.2) is 243 Å². The number of rotatable bonds is 7. The molecule has 2 heteroatoms. The molecule has 1 heterocycles. The molecule has 1 aliphatic rings. The molecule has 0 atom stereocenters. The van der Waals surface area contributed by atoms with Crippen LogP contribution in [0.3, 0.4) is 0 Å². The van der Waals surface area contributed by atoms with Gasteiger partial charge in [0.05, 0.1) is 22.1 Å². The molecule has 0 bridgehead atoms. The minimum atomic E-state index is -0.447. The predicted molar refractivity (Wildman–Crippen MR) is 256 cm³/mol. The molecule has 0 spiro atoms. The van der Waals surface area contributed by atoms with Crippen LogP contribution in [-0.4, -0.2) is 4.57 Å². The van der Waals surface area contributed by atoms with Crippen LogP contribution < -0.4 is 4.90 Å². The van der Waals surface area contributed by atoms with E-state index in [2.05, 4.69) is 252 Å². The highest BCUT2D eigenvalue weighted by Gasteiger charge is 2.46. The molecule has 0 radical (unpaired) electrons. The van der Waals surface area contributed by atoms with Gasteiger partial charge in [0.25, 0.3) is 0 Å². The largest absolute Gasteiger partial charge is 0.310 e. The summed E-state index contributed by atoms with van der Waals surface area (Å²) in [5.41, 5.74) is 16.6. The first-order valence-electron chi connectivity index (χ1n) is 21.1. The van der Waals surface area contributed by atoms with Gasteiger partial charge in [-0.05, 0) is 111 Å². The van der Waals surface area contributed by atoms with E-state index in [1.165, 1.54) is 77.1 Å². The van der Waals surface area contributed by atoms with E-state index in [4.69, 9.17) is 0 Å². The Hall–Kier alpha value is -7.94. The quantitative estimate of drug-likeness (QED) is 0.156. The van der Waals surface area contributed by atoms with Crippen LogP contribution in [0.4, 0.5) is 17.1 Å². The fourth-order valence-electron chi connectivity index (χ4n) is 10.2. The van der Waals surface area contributed by atoms with E-state index in [1.54, 1.807) is 0 Å². The van der Waals surface area contributed by atoms with Gasteiger partial charge in [0.15, 0.2) is 0 Å². The van der Waals surface area contributed by atoms with Crippen LogP contribution in [0.2, 0.25) is 0 Å². The monoisotopic (exact) mass is 776 g/mol. The van der Waals surface area contributed by atoms with Gasteiger partial charge in [-0.25, -0.2) is 0 Å². The van der Waals surface area contributed by atoms with E-state index < -0.39 is 5.41 Å². The molecule has 1 aromatic heterocycles. The lowest BCUT2D eigenvalue weighted by atomic mass is 9.67. The minimum absolute atomic E-state index is 0.447. The van der Waals surface area contributed by atoms with Gasteiger partial charge < -0.3 is 9.47 Å². The summed E-state index contributed by atoms with van der Waals surface area (Å²) in [6.45, 7) is 0. The summed E-state index contributed by atoms with van der Waals surface area (Å²) in [5, 5.41) is 4.87. The molecule has 1 aliphatic carbocycles. The maximum absolute atomic E-state index is 2.45. The molecule has 0 unspecified atom stereocenters. The van der Waals surface area contributed by atoms with E-state index in [0.717, 1.165) is 22.7 Å². The summed E-state index contributed by atoms with van der Waals surface area (Å²) >= 11 is 0. The Kier molecular flexibility index (Phi) is 8.11. The number of aromatic nitrogens is 1. The molecule has 61 heavy (non-hydrogen) atoms. The highest BCUT2D eigenvalue weighted by molar-refractivity contribution is 6.11. The van der Waals surface area contributed by atoms with Gasteiger partial charge in [-0.1, -0.05) is 182 Å². The lowest BCUT2D eigenvalue weighted by Gasteiger charge is -2.34. The smallest absolute Gasteiger partial charge is 0.0713 e. The Morgan fingerprint density at radius 2 is 0.918 bits per heavy atom. The van der Waals surface area contributed by atoms with Gasteiger partial charge in [0, 0.05) is 33.2 Å². The lowest BCUT2D eigenvalue weighted by molar-refractivity contribution is 0.769. The van der Waals surface area contributed by atoms with Crippen molar-refractivity contribution in [2.24, 2.45) is 0 Å². The summed E-state index contributed by atoms with van der Waals surface area (Å²) < 4.78 is 2.38. The van der Waals surface area contributed by atoms with Gasteiger partial charge in [-0.3, -0.25) is 0 Å². The molecule has 12 rings (SSSR count). The second-order valence-corrected chi connectivity index (χ2v) is 16.1. The number of hydrogen-bond acceptors (Lipinski definition) is 1. The van der Waals surface area contributed by atoms with Crippen molar-refractivity contribution in [3.05, 3.63) is 265 Å². The standard InChI is InChI=1S/C59H40N2/c1-4-19-44(20-5-1)59(45-21-6-2-7-22-45)54-28-14-12-26-50(54)51-37-33-43(39-55(51)59)41-31-34-47(35-32-41)60(56-30-16-18-42-17-10-11-25-49(42)56)48-36-38-58-53(40-48)52-27-13-15-29-57(52)61(58)46-23-8-3-9-24-46/h1-40H. The lowest BCUT2D eigenvalue weighted by Crippen LogP contribution is -2.28. The molecular formula is C59H40N2.